The van der Waals surface area contributed by atoms with Crippen LogP contribution in [-0.4, -0.2) is 24.6 Å². The van der Waals surface area contributed by atoms with Gasteiger partial charge in [-0.25, -0.2) is 9.59 Å². The highest BCUT2D eigenvalue weighted by Crippen LogP contribution is 2.23. The van der Waals surface area contributed by atoms with Crippen molar-refractivity contribution in [3.63, 3.8) is 0 Å². The monoisotopic (exact) mass is 285 g/mol. The van der Waals surface area contributed by atoms with Crippen molar-refractivity contribution in [3.8, 4) is 0 Å². The number of nitrogen functional groups attached to an aromatic ring is 1. The number of carbonyl (C=O) groups excluding carboxylic acids is 2. The number of rotatable bonds is 5. The van der Waals surface area contributed by atoms with E-state index < -0.39 is 18.0 Å². The maximum Gasteiger partial charge on any atom is 0.347 e. The Hall–Kier alpha value is -1.75. The van der Waals surface area contributed by atoms with E-state index in [2.05, 4.69) is 0 Å². The Morgan fingerprint density at radius 3 is 2.58 bits per heavy atom. The molecule has 0 aliphatic carbocycles. The Bertz CT molecular complexity index is 455. The molecular formula is C13H16ClNO4. The van der Waals surface area contributed by atoms with Gasteiger partial charge in [-0.3, -0.25) is 0 Å². The van der Waals surface area contributed by atoms with Crippen LogP contribution in [0.5, 0.6) is 0 Å². The molecule has 0 bridgehead atoms. The van der Waals surface area contributed by atoms with Gasteiger partial charge in [-0.2, -0.15) is 0 Å². The van der Waals surface area contributed by atoms with E-state index in [0.29, 0.717) is 6.42 Å². The minimum atomic E-state index is -0.955. The highest BCUT2D eigenvalue weighted by atomic mass is 35.5. The third kappa shape index (κ3) is 3.86. The third-order valence-corrected chi connectivity index (χ3v) is 2.73. The lowest BCUT2D eigenvalue weighted by Gasteiger charge is -2.15. The number of benzene rings is 1. The fourth-order valence-corrected chi connectivity index (χ4v) is 1.74. The van der Waals surface area contributed by atoms with Crippen LogP contribution in [0.4, 0.5) is 5.69 Å². The van der Waals surface area contributed by atoms with Crippen molar-refractivity contribution < 1.29 is 19.1 Å². The molecule has 0 fully saturated rings. The molecule has 0 amide bonds. The number of hydrogen-bond acceptors (Lipinski definition) is 5. The number of anilines is 1. The predicted octanol–water partition coefficient (Wildman–Crippen LogP) is 2.42. The van der Waals surface area contributed by atoms with Crippen molar-refractivity contribution in [2.24, 2.45) is 0 Å². The number of nitrogens with two attached hydrogens (primary N) is 1. The second-order valence-electron chi connectivity index (χ2n) is 3.76. The number of halogens is 1. The predicted molar refractivity (Wildman–Crippen MR) is 72.0 cm³/mol. The zero-order valence-electron chi connectivity index (χ0n) is 10.8. The molecule has 1 aromatic carbocycles. The molecule has 6 heteroatoms. The van der Waals surface area contributed by atoms with Gasteiger partial charge in [0.1, 0.15) is 5.56 Å². The van der Waals surface area contributed by atoms with Gasteiger partial charge in [0, 0.05) is 5.69 Å². The first-order valence-electron chi connectivity index (χ1n) is 5.92. The highest BCUT2D eigenvalue weighted by molar-refractivity contribution is 6.34. The first-order valence-corrected chi connectivity index (χ1v) is 6.30. The van der Waals surface area contributed by atoms with E-state index in [1.54, 1.807) is 19.9 Å². The molecule has 1 aromatic rings. The summed E-state index contributed by atoms with van der Waals surface area (Å²) in [6.07, 6.45) is -0.641. The van der Waals surface area contributed by atoms with Crippen LogP contribution in [0, 0.1) is 0 Å². The van der Waals surface area contributed by atoms with Gasteiger partial charge in [0.05, 0.1) is 11.6 Å². The van der Waals surface area contributed by atoms with Crippen LogP contribution in [0.1, 0.15) is 30.6 Å². The zero-order chi connectivity index (χ0) is 14.4. The number of esters is 2. The van der Waals surface area contributed by atoms with Crippen LogP contribution in [0.25, 0.3) is 0 Å². The second kappa shape index (κ2) is 6.99. The standard InChI is InChI=1S/C13H16ClNO4/c1-3-10(12(16)18-4-2)19-13(17)11-8(14)6-5-7-9(11)15/h5-7,10H,3-4,15H2,1-2H3. The summed E-state index contributed by atoms with van der Waals surface area (Å²) < 4.78 is 9.90. The first kappa shape index (κ1) is 15.3. The topological polar surface area (TPSA) is 78.6 Å². The number of carbonyl (C=O) groups is 2. The average molecular weight is 286 g/mol. The first-order chi connectivity index (χ1) is 9.01. The van der Waals surface area contributed by atoms with Gasteiger partial charge in [-0.05, 0) is 25.5 Å². The lowest BCUT2D eigenvalue weighted by atomic mass is 10.2. The van der Waals surface area contributed by atoms with Crippen molar-refractivity contribution >= 4 is 29.2 Å². The molecule has 0 saturated carbocycles. The smallest absolute Gasteiger partial charge is 0.347 e. The molecule has 0 aliphatic rings. The third-order valence-electron chi connectivity index (χ3n) is 2.42. The van der Waals surface area contributed by atoms with E-state index in [0.717, 1.165) is 0 Å². The summed E-state index contributed by atoms with van der Waals surface area (Å²) in [7, 11) is 0. The van der Waals surface area contributed by atoms with E-state index in [4.69, 9.17) is 26.8 Å². The van der Waals surface area contributed by atoms with E-state index >= 15 is 0 Å². The van der Waals surface area contributed by atoms with Gasteiger partial charge in [-0.1, -0.05) is 24.6 Å². The van der Waals surface area contributed by atoms with E-state index in [-0.39, 0.29) is 22.9 Å². The van der Waals surface area contributed by atoms with Gasteiger partial charge in [0.25, 0.3) is 0 Å². The molecule has 1 atom stereocenters. The van der Waals surface area contributed by atoms with Crippen molar-refractivity contribution in [3.05, 3.63) is 28.8 Å². The van der Waals surface area contributed by atoms with Crippen LogP contribution in [-0.2, 0) is 14.3 Å². The largest absolute Gasteiger partial charge is 0.463 e. The Kier molecular flexibility index (Phi) is 5.63. The Morgan fingerprint density at radius 2 is 2.05 bits per heavy atom. The second-order valence-corrected chi connectivity index (χ2v) is 4.17. The fraction of sp³-hybridized carbons (Fsp3) is 0.385. The van der Waals surface area contributed by atoms with Gasteiger partial charge in [-0.15, -0.1) is 0 Å². The maximum atomic E-state index is 12.0. The summed E-state index contributed by atoms with van der Waals surface area (Å²) >= 11 is 5.89. The number of ether oxygens (including phenoxy) is 2. The summed E-state index contributed by atoms with van der Waals surface area (Å²) in [5.41, 5.74) is 5.94. The SMILES string of the molecule is CCOC(=O)C(CC)OC(=O)c1c(N)cccc1Cl. The molecule has 0 radical (unpaired) electrons. The molecular weight excluding hydrogens is 270 g/mol. The minimum absolute atomic E-state index is 0.0620. The minimum Gasteiger partial charge on any atom is -0.463 e. The summed E-state index contributed by atoms with van der Waals surface area (Å²) in [6, 6.07) is 4.69. The van der Waals surface area contributed by atoms with Crippen LogP contribution >= 0.6 is 11.6 Å². The highest BCUT2D eigenvalue weighted by Gasteiger charge is 2.25. The molecule has 5 nitrogen and oxygen atoms in total. The Labute approximate surface area is 116 Å². The van der Waals surface area contributed by atoms with Gasteiger partial charge in [0.15, 0.2) is 6.10 Å². The maximum absolute atomic E-state index is 12.0. The Balaban J connectivity index is 2.86. The van der Waals surface area contributed by atoms with Crippen molar-refractivity contribution in [1.82, 2.24) is 0 Å². The van der Waals surface area contributed by atoms with Gasteiger partial charge >= 0.3 is 11.9 Å². The summed E-state index contributed by atoms with van der Waals surface area (Å²) in [5, 5.41) is 0.184. The van der Waals surface area contributed by atoms with Crippen molar-refractivity contribution in [2.75, 3.05) is 12.3 Å². The van der Waals surface area contributed by atoms with E-state index in [1.165, 1.54) is 12.1 Å². The zero-order valence-corrected chi connectivity index (χ0v) is 11.6. The normalized spacial score (nSPS) is 11.7. The molecule has 104 valence electrons. The summed E-state index contributed by atoms with van der Waals surface area (Å²) in [6.45, 7) is 3.62. The number of hydrogen-bond donors (Lipinski definition) is 1. The van der Waals surface area contributed by atoms with Crippen LogP contribution in [0.2, 0.25) is 5.02 Å². The molecule has 0 spiro atoms. The molecule has 0 aliphatic heterocycles. The molecule has 0 saturated heterocycles. The molecule has 0 aromatic heterocycles. The lowest BCUT2D eigenvalue weighted by molar-refractivity contribution is -0.153. The summed E-state index contributed by atoms with van der Waals surface area (Å²) in [4.78, 5) is 23.5. The van der Waals surface area contributed by atoms with Crippen molar-refractivity contribution in [2.45, 2.75) is 26.4 Å². The molecule has 0 heterocycles. The van der Waals surface area contributed by atoms with Crippen LogP contribution in [0.3, 0.4) is 0 Å². The van der Waals surface area contributed by atoms with Gasteiger partial charge < -0.3 is 15.2 Å². The van der Waals surface area contributed by atoms with E-state index in [1.807, 2.05) is 0 Å². The average Bonchev–Trinajstić information content (AvgIpc) is 2.35. The van der Waals surface area contributed by atoms with Crippen LogP contribution in [0.15, 0.2) is 18.2 Å². The quantitative estimate of drug-likeness (QED) is 0.664. The molecule has 1 rings (SSSR count). The molecule has 19 heavy (non-hydrogen) atoms. The van der Waals surface area contributed by atoms with Crippen molar-refractivity contribution in [1.29, 1.82) is 0 Å². The molecule has 1 unspecified atom stereocenters. The molecule has 2 N–H and O–H groups in total. The van der Waals surface area contributed by atoms with Crippen LogP contribution < -0.4 is 5.73 Å². The van der Waals surface area contributed by atoms with E-state index in [9.17, 15) is 9.59 Å². The Morgan fingerprint density at radius 1 is 1.37 bits per heavy atom. The lowest BCUT2D eigenvalue weighted by Crippen LogP contribution is -2.29. The summed E-state index contributed by atoms with van der Waals surface area (Å²) in [5.74, 6) is -1.31. The fourth-order valence-electron chi connectivity index (χ4n) is 1.48. The van der Waals surface area contributed by atoms with Gasteiger partial charge in [0.2, 0.25) is 0 Å².